The van der Waals surface area contributed by atoms with Gasteiger partial charge in [0.2, 0.25) is 0 Å². The molecule has 0 saturated carbocycles. The third-order valence-electron chi connectivity index (χ3n) is 3.81. The van der Waals surface area contributed by atoms with Crippen LogP contribution in [0.25, 0.3) is 0 Å². The van der Waals surface area contributed by atoms with Gasteiger partial charge in [-0.05, 0) is 50.7 Å². The van der Waals surface area contributed by atoms with Crippen LogP contribution in [0.1, 0.15) is 38.2 Å². The highest BCUT2D eigenvalue weighted by molar-refractivity contribution is 9.09. The summed E-state index contributed by atoms with van der Waals surface area (Å²) in [5.41, 5.74) is 1.00. The van der Waals surface area contributed by atoms with E-state index in [1.165, 1.54) is 0 Å². The molecule has 1 aromatic rings. The van der Waals surface area contributed by atoms with E-state index >= 15 is 0 Å². The lowest BCUT2D eigenvalue weighted by Crippen LogP contribution is -2.14. The molecule has 0 heterocycles. The maximum atomic E-state index is 12.1. The highest BCUT2D eigenvalue weighted by atomic mass is 79.9. The zero-order valence-corrected chi connectivity index (χ0v) is 16.2. The van der Waals surface area contributed by atoms with Crippen molar-refractivity contribution >= 4 is 26.0 Å². The number of aryl methyl sites for hydroxylation is 1. The fourth-order valence-electron chi connectivity index (χ4n) is 2.22. The summed E-state index contributed by atoms with van der Waals surface area (Å²) in [6.45, 7) is 4.14. The Balaban J connectivity index is 2.50. The first kappa shape index (κ1) is 20.2. The molecular weight excluding hydrogens is 376 g/mol. The molecule has 0 spiro atoms. The second kappa shape index (κ2) is 10.1. The van der Waals surface area contributed by atoms with Gasteiger partial charge >= 0.3 is 0 Å². The molecule has 128 valence electrons. The Kier molecular flexibility index (Phi) is 8.90. The molecule has 1 rings (SSSR count). The van der Waals surface area contributed by atoms with Crippen LogP contribution < -0.4 is 0 Å². The van der Waals surface area contributed by atoms with Crippen molar-refractivity contribution < 1.29 is 12.6 Å². The van der Waals surface area contributed by atoms with E-state index in [9.17, 15) is 8.42 Å². The SMILES string of the molecule is C#CC(CCC(C)CCCBr)COS(=O)(=O)c1ccc(C)cc1. The minimum absolute atomic E-state index is 0.0396. The van der Waals surface area contributed by atoms with Gasteiger partial charge in [-0.2, -0.15) is 8.42 Å². The molecule has 0 aliphatic carbocycles. The van der Waals surface area contributed by atoms with Gasteiger partial charge in [0, 0.05) is 11.2 Å². The van der Waals surface area contributed by atoms with Gasteiger partial charge in [0.05, 0.1) is 11.5 Å². The fraction of sp³-hybridized carbons (Fsp3) is 0.556. The molecule has 5 heteroatoms. The molecule has 0 bridgehead atoms. The first-order valence-corrected chi connectivity index (χ1v) is 10.4. The predicted molar refractivity (Wildman–Crippen MR) is 98.1 cm³/mol. The van der Waals surface area contributed by atoms with Gasteiger partial charge in [0.15, 0.2) is 0 Å². The average molecular weight is 401 g/mol. The Morgan fingerprint density at radius 1 is 1.22 bits per heavy atom. The number of hydrogen-bond donors (Lipinski definition) is 0. The van der Waals surface area contributed by atoms with Gasteiger partial charge in [-0.1, -0.05) is 40.5 Å². The maximum absolute atomic E-state index is 12.1. The van der Waals surface area contributed by atoms with Crippen LogP contribution in [-0.4, -0.2) is 20.4 Å². The smallest absolute Gasteiger partial charge is 0.265 e. The lowest BCUT2D eigenvalue weighted by molar-refractivity contribution is 0.268. The molecular formula is C18H25BrO3S. The van der Waals surface area contributed by atoms with Crippen LogP contribution in [0.5, 0.6) is 0 Å². The molecule has 3 nitrogen and oxygen atoms in total. The van der Waals surface area contributed by atoms with Crippen LogP contribution >= 0.6 is 15.9 Å². The Labute approximate surface area is 149 Å². The largest absolute Gasteiger partial charge is 0.297 e. The second-order valence-electron chi connectivity index (χ2n) is 5.93. The molecule has 1 aromatic carbocycles. The van der Waals surface area contributed by atoms with Crippen LogP contribution in [0.2, 0.25) is 0 Å². The maximum Gasteiger partial charge on any atom is 0.297 e. The molecule has 0 aliphatic heterocycles. The number of alkyl halides is 1. The molecule has 0 fully saturated rings. The van der Waals surface area contributed by atoms with E-state index < -0.39 is 10.1 Å². The summed E-state index contributed by atoms with van der Waals surface area (Å²) in [6, 6.07) is 6.61. The summed E-state index contributed by atoms with van der Waals surface area (Å²) in [5, 5.41) is 1.01. The van der Waals surface area contributed by atoms with Crippen LogP contribution in [0.3, 0.4) is 0 Å². The van der Waals surface area contributed by atoms with E-state index in [1.54, 1.807) is 24.3 Å². The first-order valence-electron chi connectivity index (χ1n) is 7.87. The summed E-state index contributed by atoms with van der Waals surface area (Å²) >= 11 is 3.43. The van der Waals surface area contributed by atoms with Gasteiger partial charge in [-0.3, -0.25) is 4.18 Å². The lowest BCUT2D eigenvalue weighted by Gasteiger charge is -2.15. The van der Waals surface area contributed by atoms with E-state index in [0.29, 0.717) is 5.92 Å². The number of rotatable bonds is 10. The van der Waals surface area contributed by atoms with E-state index in [2.05, 4.69) is 28.8 Å². The van der Waals surface area contributed by atoms with Crippen molar-refractivity contribution in [2.75, 3.05) is 11.9 Å². The van der Waals surface area contributed by atoms with Crippen molar-refractivity contribution in [1.82, 2.24) is 0 Å². The second-order valence-corrected chi connectivity index (χ2v) is 8.34. The van der Waals surface area contributed by atoms with Crippen LogP contribution in [0, 0.1) is 31.1 Å². The van der Waals surface area contributed by atoms with E-state index in [-0.39, 0.29) is 17.4 Å². The van der Waals surface area contributed by atoms with Crippen molar-refractivity contribution in [2.45, 2.75) is 44.4 Å². The summed E-state index contributed by atoms with van der Waals surface area (Å²) in [6.07, 6.45) is 9.56. The fourth-order valence-corrected chi connectivity index (χ4v) is 3.49. The third kappa shape index (κ3) is 7.52. The van der Waals surface area contributed by atoms with Gasteiger partial charge < -0.3 is 0 Å². The predicted octanol–water partition coefficient (Wildman–Crippen LogP) is 4.54. The Bertz CT molecular complexity index is 602. The van der Waals surface area contributed by atoms with Crippen molar-refractivity contribution in [2.24, 2.45) is 11.8 Å². The van der Waals surface area contributed by atoms with Crippen LogP contribution in [0.4, 0.5) is 0 Å². The van der Waals surface area contributed by atoms with E-state index in [0.717, 1.165) is 36.6 Å². The van der Waals surface area contributed by atoms with Crippen LogP contribution in [0.15, 0.2) is 29.2 Å². The third-order valence-corrected chi connectivity index (χ3v) is 5.66. The number of halogens is 1. The number of benzene rings is 1. The van der Waals surface area contributed by atoms with E-state index in [4.69, 9.17) is 10.6 Å². The zero-order chi connectivity index (χ0) is 17.3. The number of hydrogen-bond acceptors (Lipinski definition) is 3. The average Bonchev–Trinajstić information content (AvgIpc) is 2.53. The van der Waals surface area contributed by atoms with Crippen molar-refractivity contribution in [3.63, 3.8) is 0 Å². The molecule has 23 heavy (non-hydrogen) atoms. The molecule has 0 aromatic heterocycles. The minimum atomic E-state index is -3.74. The Morgan fingerprint density at radius 2 is 1.87 bits per heavy atom. The summed E-state index contributed by atoms with van der Waals surface area (Å²) in [4.78, 5) is 0.171. The van der Waals surface area contributed by atoms with Crippen molar-refractivity contribution in [1.29, 1.82) is 0 Å². The Morgan fingerprint density at radius 3 is 2.43 bits per heavy atom. The quantitative estimate of drug-likeness (QED) is 0.328. The number of terminal acetylenes is 1. The molecule has 2 atom stereocenters. The topological polar surface area (TPSA) is 43.4 Å². The summed E-state index contributed by atoms with van der Waals surface area (Å²) in [5.74, 6) is 3.05. The van der Waals surface area contributed by atoms with Gasteiger partial charge in [-0.25, -0.2) is 0 Å². The first-order chi connectivity index (χ1) is 10.9. The van der Waals surface area contributed by atoms with Crippen LogP contribution in [-0.2, 0) is 14.3 Å². The van der Waals surface area contributed by atoms with Gasteiger partial charge in [-0.15, -0.1) is 12.3 Å². The summed E-state index contributed by atoms with van der Waals surface area (Å²) in [7, 11) is -3.74. The highest BCUT2D eigenvalue weighted by Gasteiger charge is 2.18. The summed E-state index contributed by atoms with van der Waals surface area (Å²) < 4.78 is 29.4. The normalized spacial score (nSPS) is 14.2. The molecule has 0 saturated heterocycles. The minimum Gasteiger partial charge on any atom is -0.265 e. The molecule has 0 radical (unpaired) electrons. The Hall–Kier alpha value is -0.830. The zero-order valence-electron chi connectivity index (χ0n) is 13.8. The molecule has 2 unspecified atom stereocenters. The van der Waals surface area contributed by atoms with Gasteiger partial charge in [0.25, 0.3) is 10.1 Å². The monoisotopic (exact) mass is 400 g/mol. The lowest BCUT2D eigenvalue weighted by atomic mass is 9.95. The highest BCUT2D eigenvalue weighted by Crippen LogP contribution is 2.19. The molecule has 0 aliphatic rings. The van der Waals surface area contributed by atoms with E-state index in [1.807, 2.05) is 6.92 Å². The molecule has 0 amide bonds. The van der Waals surface area contributed by atoms with Crippen molar-refractivity contribution in [3.05, 3.63) is 29.8 Å². The standard InChI is InChI=1S/C18H25BrO3S/c1-4-17(10-7-15(2)6-5-13-19)14-22-23(20,21)18-11-8-16(3)9-12-18/h1,8-9,11-12,15,17H,5-7,10,13-14H2,2-3H3. The molecule has 0 N–H and O–H groups in total. The van der Waals surface area contributed by atoms with Crippen molar-refractivity contribution in [3.8, 4) is 12.3 Å². The van der Waals surface area contributed by atoms with Gasteiger partial charge in [0.1, 0.15) is 0 Å².